The Balaban J connectivity index is 2.09. The molecule has 0 fully saturated rings. The summed E-state index contributed by atoms with van der Waals surface area (Å²) < 4.78 is 5.17. The lowest BCUT2D eigenvalue weighted by molar-refractivity contribution is 0.202. The second-order valence-electron chi connectivity index (χ2n) is 5.11. The monoisotopic (exact) mass is 269 g/mol. The number of benzene rings is 2. The SMILES string of the molecule is COCCc1ccccc1NCc1cccc(C)c1C. The molecule has 0 saturated heterocycles. The van der Waals surface area contributed by atoms with Crippen LogP contribution in [-0.2, 0) is 17.7 Å². The van der Waals surface area contributed by atoms with Gasteiger partial charge in [-0.15, -0.1) is 0 Å². The summed E-state index contributed by atoms with van der Waals surface area (Å²) in [5.74, 6) is 0. The molecule has 0 aliphatic carbocycles. The Morgan fingerprint density at radius 2 is 1.70 bits per heavy atom. The molecule has 0 heterocycles. The molecule has 0 saturated carbocycles. The Morgan fingerprint density at radius 3 is 2.50 bits per heavy atom. The minimum atomic E-state index is 0.752. The van der Waals surface area contributed by atoms with Gasteiger partial charge in [-0.25, -0.2) is 0 Å². The van der Waals surface area contributed by atoms with Crippen LogP contribution in [0.3, 0.4) is 0 Å². The van der Waals surface area contributed by atoms with Crippen molar-refractivity contribution in [3.05, 3.63) is 64.7 Å². The number of ether oxygens (including phenoxy) is 1. The third-order valence-electron chi connectivity index (χ3n) is 3.78. The Kier molecular flexibility index (Phi) is 5.19. The predicted octanol–water partition coefficient (Wildman–Crippen LogP) is 4.10. The third-order valence-corrected chi connectivity index (χ3v) is 3.78. The first-order valence-corrected chi connectivity index (χ1v) is 7.08. The number of anilines is 1. The van der Waals surface area contributed by atoms with Gasteiger partial charge in [0.1, 0.15) is 0 Å². The minimum Gasteiger partial charge on any atom is -0.384 e. The minimum absolute atomic E-state index is 0.752. The summed E-state index contributed by atoms with van der Waals surface area (Å²) >= 11 is 0. The molecule has 2 aromatic carbocycles. The summed E-state index contributed by atoms with van der Waals surface area (Å²) in [5.41, 5.74) is 6.57. The molecule has 2 rings (SSSR count). The molecule has 0 radical (unpaired) electrons. The first kappa shape index (κ1) is 14.6. The quantitative estimate of drug-likeness (QED) is 0.852. The van der Waals surface area contributed by atoms with Gasteiger partial charge >= 0.3 is 0 Å². The van der Waals surface area contributed by atoms with Gasteiger partial charge < -0.3 is 10.1 Å². The first-order chi connectivity index (χ1) is 9.72. The highest BCUT2D eigenvalue weighted by Crippen LogP contribution is 2.19. The maximum atomic E-state index is 5.17. The van der Waals surface area contributed by atoms with Gasteiger partial charge in [0.2, 0.25) is 0 Å². The molecule has 0 amide bonds. The van der Waals surface area contributed by atoms with E-state index in [-0.39, 0.29) is 0 Å². The number of hydrogen-bond donors (Lipinski definition) is 1. The summed E-state index contributed by atoms with van der Waals surface area (Å²) in [5, 5.41) is 3.55. The van der Waals surface area contributed by atoms with Gasteiger partial charge in [-0.1, -0.05) is 36.4 Å². The maximum absolute atomic E-state index is 5.17. The second-order valence-corrected chi connectivity index (χ2v) is 5.11. The summed E-state index contributed by atoms with van der Waals surface area (Å²) in [7, 11) is 1.74. The van der Waals surface area contributed by atoms with E-state index in [9.17, 15) is 0 Å². The van der Waals surface area contributed by atoms with Gasteiger partial charge in [0, 0.05) is 19.3 Å². The molecule has 2 aromatic rings. The van der Waals surface area contributed by atoms with Crippen molar-refractivity contribution in [3.8, 4) is 0 Å². The zero-order chi connectivity index (χ0) is 14.4. The summed E-state index contributed by atoms with van der Waals surface area (Å²) in [6.45, 7) is 5.95. The molecule has 20 heavy (non-hydrogen) atoms. The number of methoxy groups -OCH3 is 1. The number of hydrogen-bond acceptors (Lipinski definition) is 2. The highest BCUT2D eigenvalue weighted by atomic mass is 16.5. The molecule has 0 aliphatic rings. The highest BCUT2D eigenvalue weighted by molar-refractivity contribution is 5.52. The first-order valence-electron chi connectivity index (χ1n) is 7.08. The van der Waals surface area contributed by atoms with Gasteiger partial charge in [-0.2, -0.15) is 0 Å². The fourth-order valence-electron chi connectivity index (χ4n) is 2.32. The Hall–Kier alpha value is -1.80. The van der Waals surface area contributed by atoms with Crippen molar-refractivity contribution in [2.24, 2.45) is 0 Å². The molecule has 2 nitrogen and oxygen atoms in total. The van der Waals surface area contributed by atoms with Crippen LogP contribution in [0.1, 0.15) is 22.3 Å². The van der Waals surface area contributed by atoms with Crippen molar-refractivity contribution in [2.45, 2.75) is 26.8 Å². The van der Waals surface area contributed by atoms with E-state index < -0.39 is 0 Å². The van der Waals surface area contributed by atoms with E-state index in [1.807, 2.05) is 0 Å². The molecule has 0 spiro atoms. The molecular weight excluding hydrogens is 246 g/mol. The van der Waals surface area contributed by atoms with Crippen LogP contribution in [0.15, 0.2) is 42.5 Å². The van der Waals surface area contributed by atoms with Gasteiger partial charge in [-0.3, -0.25) is 0 Å². The number of aryl methyl sites for hydroxylation is 1. The van der Waals surface area contributed by atoms with Crippen molar-refractivity contribution >= 4 is 5.69 Å². The van der Waals surface area contributed by atoms with Crippen molar-refractivity contribution in [1.29, 1.82) is 0 Å². The topological polar surface area (TPSA) is 21.3 Å². The molecule has 0 bridgehead atoms. The lowest BCUT2D eigenvalue weighted by Gasteiger charge is -2.14. The molecule has 0 aromatic heterocycles. The standard InChI is InChI=1S/C18H23NO/c1-14-7-6-9-17(15(14)2)13-19-18-10-5-4-8-16(18)11-12-20-3/h4-10,19H,11-13H2,1-3H3. The Bertz CT molecular complexity index is 563. The normalized spacial score (nSPS) is 10.6. The molecule has 2 heteroatoms. The van der Waals surface area contributed by atoms with E-state index in [1.165, 1.54) is 27.9 Å². The summed E-state index contributed by atoms with van der Waals surface area (Å²) in [6, 6.07) is 14.9. The third kappa shape index (κ3) is 3.61. The van der Waals surface area contributed by atoms with Crippen LogP contribution in [0.4, 0.5) is 5.69 Å². The van der Waals surface area contributed by atoms with E-state index in [0.717, 1.165) is 19.6 Å². The molecule has 0 aliphatic heterocycles. The average Bonchev–Trinajstić information content (AvgIpc) is 2.47. The van der Waals surface area contributed by atoms with E-state index >= 15 is 0 Å². The predicted molar refractivity (Wildman–Crippen MR) is 85.3 cm³/mol. The van der Waals surface area contributed by atoms with Crippen LogP contribution < -0.4 is 5.32 Å². The lowest BCUT2D eigenvalue weighted by atomic mass is 10.0. The van der Waals surface area contributed by atoms with Crippen LogP contribution in [-0.4, -0.2) is 13.7 Å². The second kappa shape index (κ2) is 7.11. The van der Waals surface area contributed by atoms with Crippen LogP contribution in [0.5, 0.6) is 0 Å². The molecule has 106 valence electrons. The van der Waals surface area contributed by atoms with Crippen LogP contribution in [0.25, 0.3) is 0 Å². The van der Waals surface area contributed by atoms with E-state index in [0.29, 0.717) is 0 Å². The molecule has 1 N–H and O–H groups in total. The molecule has 0 atom stereocenters. The van der Waals surface area contributed by atoms with Crippen LogP contribution in [0, 0.1) is 13.8 Å². The zero-order valence-corrected chi connectivity index (χ0v) is 12.6. The average molecular weight is 269 g/mol. The number of nitrogens with one attached hydrogen (secondary N) is 1. The Labute approximate surface area is 121 Å². The van der Waals surface area contributed by atoms with Crippen molar-refractivity contribution in [3.63, 3.8) is 0 Å². The lowest BCUT2D eigenvalue weighted by Crippen LogP contribution is -2.05. The number of rotatable bonds is 6. The van der Waals surface area contributed by atoms with E-state index in [2.05, 4.69) is 61.6 Å². The van der Waals surface area contributed by atoms with E-state index in [4.69, 9.17) is 4.74 Å². The van der Waals surface area contributed by atoms with Crippen molar-refractivity contribution in [1.82, 2.24) is 0 Å². The molecule has 0 unspecified atom stereocenters. The summed E-state index contributed by atoms with van der Waals surface area (Å²) in [4.78, 5) is 0. The van der Waals surface area contributed by atoms with Gasteiger partial charge in [0.15, 0.2) is 0 Å². The zero-order valence-electron chi connectivity index (χ0n) is 12.6. The van der Waals surface area contributed by atoms with Gasteiger partial charge in [0.25, 0.3) is 0 Å². The van der Waals surface area contributed by atoms with Crippen molar-refractivity contribution < 1.29 is 4.74 Å². The van der Waals surface area contributed by atoms with E-state index in [1.54, 1.807) is 7.11 Å². The van der Waals surface area contributed by atoms with Crippen LogP contribution in [0.2, 0.25) is 0 Å². The summed E-state index contributed by atoms with van der Waals surface area (Å²) in [6.07, 6.45) is 0.937. The van der Waals surface area contributed by atoms with Crippen molar-refractivity contribution in [2.75, 3.05) is 19.0 Å². The Morgan fingerprint density at radius 1 is 0.950 bits per heavy atom. The fraction of sp³-hybridized carbons (Fsp3) is 0.333. The largest absolute Gasteiger partial charge is 0.384 e. The fourth-order valence-corrected chi connectivity index (χ4v) is 2.32. The molecular formula is C18H23NO. The van der Waals surface area contributed by atoms with Gasteiger partial charge in [-0.05, 0) is 48.6 Å². The highest BCUT2D eigenvalue weighted by Gasteiger charge is 2.04. The van der Waals surface area contributed by atoms with Crippen LogP contribution >= 0.6 is 0 Å². The smallest absolute Gasteiger partial charge is 0.0503 e. The van der Waals surface area contributed by atoms with Gasteiger partial charge in [0.05, 0.1) is 6.61 Å². The number of para-hydroxylation sites is 1. The maximum Gasteiger partial charge on any atom is 0.0503 e.